The summed E-state index contributed by atoms with van der Waals surface area (Å²) in [4.78, 5) is 2.45. The third-order valence-electron chi connectivity index (χ3n) is 4.20. The lowest BCUT2D eigenvalue weighted by molar-refractivity contribution is 0.0966. The molecule has 4 nitrogen and oxygen atoms in total. The minimum atomic E-state index is 0.165. The predicted octanol–water partition coefficient (Wildman–Crippen LogP) is 3.18. The van der Waals surface area contributed by atoms with Crippen LogP contribution in [0.2, 0.25) is 0 Å². The average Bonchev–Trinajstić information content (AvgIpc) is 2.59. The zero-order chi connectivity index (χ0) is 16.1. The first kappa shape index (κ1) is 15.4. The fourth-order valence-corrected chi connectivity index (χ4v) is 2.94. The van der Waals surface area contributed by atoms with Gasteiger partial charge in [0.1, 0.15) is 17.9 Å². The topological polar surface area (TPSA) is 62.3 Å². The van der Waals surface area contributed by atoms with E-state index in [-0.39, 0.29) is 6.10 Å². The van der Waals surface area contributed by atoms with Gasteiger partial charge in [0, 0.05) is 25.3 Å². The Balaban J connectivity index is 1.54. The van der Waals surface area contributed by atoms with Gasteiger partial charge in [-0.1, -0.05) is 30.3 Å². The Bertz CT molecular complexity index is 686. The minimum absolute atomic E-state index is 0.165. The summed E-state index contributed by atoms with van der Waals surface area (Å²) in [6, 6.07) is 17.9. The van der Waals surface area contributed by atoms with E-state index in [1.807, 2.05) is 6.07 Å². The first-order valence-corrected chi connectivity index (χ1v) is 7.97. The maximum Gasteiger partial charge on any atom is 0.137 e. The zero-order valence-electron chi connectivity index (χ0n) is 13.1. The molecular formula is C19H21N3O. The highest BCUT2D eigenvalue weighted by Gasteiger charge is 2.21. The third-order valence-corrected chi connectivity index (χ3v) is 4.20. The van der Waals surface area contributed by atoms with Crippen molar-refractivity contribution in [2.45, 2.75) is 25.5 Å². The lowest BCUT2D eigenvalue weighted by atomic mass is 10.1. The number of likely N-dealkylation sites (tertiary alicyclic amines) is 1. The molecule has 2 aromatic rings. The molecule has 0 aliphatic carbocycles. The number of nitrogen functional groups attached to an aromatic ring is 1. The lowest BCUT2D eigenvalue weighted by Crippen LogP contribution is -2.37. The summed E-state index contributed by atoms with van der Waals surface area (Å²) in [6.45, 7) is 3.01. The summed E-state index contributed by atoms with van der Waals surface area (Å²) in [7, 11) is 0. The molecular weight excluding hydrogens is 286 g/mol. The van der Waals surface area contributed by atoms with Gasteiger partial charge < -0.3 is 10.5 Å². The molecule has 0 spiro atoms. The second-order valence-electron chi connectivity index (χ2n) is 5.95. The van der Waals surface area contributed by atoms with Crippen molar-refractivity contribution in [3.8, 4) is 11.8 Å². The smallest absolute Gasteiger partial charge is 0.137 e. The van der Waals surface area contributed by atoms with Crippen LogP contribution in [-0.4, -0.2) is 24.1 Å². The van der Waals surface area contributed by atoms with Crippen molar-refractivity contribution in [3.05, 3.63) is 59.7 Å². The molecule has 0 radical (unpaired) electrons. The summed E-state index contributed by atoms with van der Waals surface area (Å²) in [5.74, 6) is 0.642. The molecule has 0 aromatic heterocycles. The molecule has 2 N–H and O–H groups in total. The molecule has 0 unspecified atom stereocenters. The fraction of sp³-hybridized carbons (Fsp3) is 0.316. The Hall–Kier alpha value is -2.51. The van der Waals surface area contributed by atoms with Crippen molar-refractivity contribution in [2.24, 2.45) is 0 Å². The highest BCUT2D eigenvalue weighted by Crippen LogP contribution is 2.25. The van der Waals surface area contributed by atoms with Crippen molar-refractivity contribution in [2.75, 3.05) is 18.8 Å². The van der Waals surface area contributed by atoms with Crippen LogP contribution in [0.3, 0.4) is 0 Å². The van der Waals surface area contributed by atoms with E-state index in [1.54, 1.807) is 18.2 Å². The van der Waals surface area contributed by atoms with E-state index in [9.17, 15) is 5.26 Å². The monoisotopic (exact) mass is 307 g/mol. The molecule has 4 heteroatoms. The molecule has 118 valence electrons. The molecule has 1 fully saturated rings. The summed E-state index contributed by atoms with van der Waals surface area (Å²) >= 11 is 0. The van der Waals surface area contributed by atoms with E-state index in [0.717, 1.165) is 32.5 Å². The Morgan fingerprint density at radius 2 is 1.87 bits per heavy atom. The SMILES string of the molecule is N#Cc1cc(N)ccc1OC1CCN(Cc2ccccc2)CC1. The highest BCUT2D eigenvalue weighted by atomic mass is 16.5. The van der Waals surface area contributed by atoms with Crippen LogP contribution in [0.5, 0.6) is 5.75 Å². The zero-order valence-corrected chi connectivity index (χ0v) is 13.1. The third kappa shape index (κ3) is 4.02. The fourth-order valence-electron chi connectivity index (χ4n) is 2.94. The Morgan fingerprint density at radius 1 is 1.13 bits per heavy atom. The number of nitriles is 1. The number of hydrogen-bond acceptors (Lipinski definition) is 4. The largest absolute Gasteiger partial charge is 0.489 e. The van der Waals surface area contributed by atoms with Crippen LogP contribution in [0.4, 0.5) is 5.69 Å². The number of hydrogen-bond donors (Lipinski definition) is 1. The summed E-state index contributed by atoms with van der Waals surface area (Å²) < 4.78 is 6.03. The second kappa shape index (κ2) is 7.17. The molecule has 23 heavy (non-hydrogen) atoms. The Kier molecular flexibility index (Phi) is 4.80. The highest BCUT2D eigenvalue weighted by molar-refractivity contribution is 5.53. The van der Waals surface area contributed by atoms with Crippen LogP contribution >= 0.6 is 0 Å². The van der Waals surface area contributed by atoms with E-state index in [1.165, 1.54) is 5.56 Å². The number of ether oxygens (including phenoxy) is 1. The molecule has 2 aromatic carbocycles. The number of piperidine rings is 1. The van der Waals surface area contributed by atoms with Gasteiger partial charge in [-0.05, 0) is 36.6 Å². The number of benzene rings is 2. The molecule has 0 saturated carbocycles. The standard InChI is InChI=1S/C19H21N3O/c20-13-16-12-17(21)6-7-19(16)23-18-8-10-22(11-9-18)14-15-4-2-1-3-5-15/h1-7,12,18H,8-11,14,21H2. The quantitative estimate of drug-likeness (QED) is 0.881. The normalized spacial score (nSPS) is 16.0. The van der Waals surface area contributed by atoms with Crippen LogP contribution in [-0.2, 0) is 6.54 Å². The van der Waals surface area contributed by atoms with Gasteiger partial charge in [-0.2, -0.15) is 5.26 Å². The van der Waals surface area contributed by atoms with Gasteiger partial charge in [-0.25, -0.2) is 0 Å². The first-order valence-electron chi connectivity index (χ1n) is 7.97. The Labute approximate surface area is 137 Å². The van der Waals surface area contributed by atoms with Crippen molar-refractivity contribution in [1.29, 1.82) is 5.26 Å². The van der Waals surface area contributed by atoms with Crippen molar-refractivity contribution >= 4 is 5.69 Å². The second-order valence-corrected chi connectivity index (χ2v) is 5.95. The van der Waals surface area contributed by atoms with Crippen LogP contribution in [0, 0.1) is 11.3 Å². The Morgan fingerprint density at radius 3 is 2.57 bits per heavy atom. The number of nitrogens with two attached hydrogens (primary N) is 1. The van der Waals surface area contributed by atoms with Gasteiger partial charge in [0.25, 0.3) is 0 Å². The summed E-state index contributed by atoms with van der Waals surface area (Å²) in [6.07, 6.45) is 2.11. The van der Waals surface area contributed by atoms with Gasteiger partial charge in [-0.3, -0.25) is 4.90 Å². The summed E-state index contributed by atoms with van der Waals surface area (Å²) in [5, 5.41) is 9.18. The molecule has 1 aliphatic rings. The molecule has 0 bridgehead atoms. The number of anilines is 1. The molecule has 0 atom stereocenters. The van der Waals surface area contributed by atoms with Gasteiger partial charge in [0.2, 0.25) is 0 Å². The lowest BCUT2D eigenvalue weighted by Gasteiger charge is -2.32. The first-order chi connectivity index (χ1) is 11.2. The minimum Gasteiger partial charge on any atom is -0.489 e. The average molecular weight is 307 g/mol. The van der Waals surface area contributed by atoms with E-state index < -0.39 is 0 Å². The van der Waals surface area contributed by atoms with Crippen LogP contribution < -0.4 is 10.5 Å². The van der Waals surface area contributed by atoms with E-state index in [0.29, 0.717) is 17.0 Å². The predicted molar refractivity (Wildman–Crippen MR) is 90.9 cm³/mol. The van der Waals surface area contributed by atoms with E-state index >= 15 is 0 Å². The molecule has 1 heterocycles. The van der Waals surface area contributed by atoms with Gasteiger partial charge in [0.15, 0.2) is 0 Å². The molecule has 1 aliphatic heterocycles. The van der Waals surface area contributed by atoms with E-state index in [4.69, 9.17) is 10.5 Å². The van der Waals surface area contributed by atoms with Gasteiger partial charge in [0.05, 0.1) is 5.56 Å². The maximum atomic E-state index is 9.18. The van der Waals surface area contributed by atoms with Crippen LogP contribution in [0.15, 0.2) is 48.5 Å². The van der Waals surface area contributed by atoms with Gasteiger partial charge in [-0.15, -0.1) is 0 Å². The van der Waals surface area contributed by atoms with Crippen LogP contribution in [0.1, 0.15) is 24.0 Å². The van der Waals surface area contributed by atoms with Gasteiger partial charge >= 0.3 is 0 Å². The van der Waals surface area contributed by atoms with Crippen molar-refractivity contribution in [3.63, 3.8) is 0 Å². The van der Waals surface area contributed by atoms with E-state index in [2.05, 4.69) is 35.2 Å². The molecule has 1 saturated heterocycles. The number of rotatable bonds is 4. The van der Waals surface area contributed by atoms with Crippen molar-refractivity contribution in [1.82, 2.24) is 4.90 Å². The maximum absolute atomic E-state index is 9.18. The molecule has 3 rings (SSSR count). The number of nitrogens with zero attached hydrogens (tertiary/aromatic N) is 2. The summed E-state index contributed by atoms with van der Waals surface area (Å²) in [5.41, 5.74) is 8.16. The molecule has 0 amide bonds. The van der Waals surface area contributed by atoms with Crippen molar-refractivity contribution < 1.29 is 4.74 Å². The van der Waals surface area contributed by atoms with Crippen LogP contribution in [0.25, 0.3) is 0 Å².